The molecule has 0 aromatic carbocycles. The lowest BCUT2D eigenvalue weighted by Gasteiger charge is -1.82. The maximum Gasteiger partial charge on any atom is 0.109 e. The summed E-state index contributed by atoms with van der Waals surface area (Å²) in [5.74, 6) is 0.972. The normalized spacial score (nSPS) is 8.57. The van der Waals surface area contributed by atoms with Gasteiger partial charge < -0.3 is 4.98 Å². The first-order valence-electron chi connectivity index (χ1n) is 4.37. The van der Waals surface area contributed by atoms with Crippen molar-refractivity contribution < 1.29 is 0 Å². The van der Waals surface area contributed by atoms with Crippen molar-refractivity contribution in [2.75, 3.05) is 0 Å². The Hall–Kier alpha value is -1.90. The highest BCUT2D eigenvalue weighted by Gasteiger charge is 1.85. The summed E-state index contributed by atoms with van der Waals surface area (Å²) in [6.45, 7) is 3.58. The molecule has 2 heterocycles. The van der Waals surface area contributed by atoms with E-state index in [2.05, 4.69) is 21.5 Å². The van der Waals surface area contributed by atoms with Crippen LogP contribution in [0.3, 0.4) is 0 Å². The first-order chi connectivity index (χ1) is 6.93. The van der Waals surface area contributed by atoms with Gasteiger partial charge in [-0.15, -0.1) is 6.58 Å². The lowest BCUT2D eigenvalue weighted by atomic mass is 10.4. The van der Waals surface area contributed by atoms with Crippen molar-refractivity contribution in [1.29, 1.82) is 0 Å². The van der Waals surface area contributed by atoms with Crippen molar-refractivity contribution in [3.63, 3.8) is 0 Å². The second-order valence-electron chi connectivity index (χ2n) is 2.55. The van der Waals surface area contributed by atoms with Gasteiger partial charge in [0.15, 0.2) is 0 Å². The first-order valence-corrected chi connectivity index (χ1v) is 4.37. The van der Waals surface area contributed by atoms with Gasteiger partial charge in [0.25, 0.3) is 0 Å². The number of rotatable bonds is 2. The number of imidazole rings is 1. The van der Waals surface area contributed by atoms with Crippen LogP contribution in [0.1, 0.15) is 5.82 Å². The number of pyridine rings is 1. The zero-order valence-corrected chi connectivity index (χ0v) is 7.93. The van der Waals surface area contributed by atoms with Gasteiger partial charge >= 0.3 is 0 Å². The van der Waals surface area contributed by atoms with E-state index in [1.807, 2.05) is 24.3 Å². The van der Waals surface area contributed by atoms with Crippen LogP contribution < -0.4 is 0 Å². The van der Waals surface area contributed by atoms with E-state index in [4.69, 9.17) is 0 Å². The maximum absolute atomic E-state index is 3.98. The summed E-state index contributed by atoms with van der Waals surface area (Å²) >= 11 is 0. The Kier molecular flexibility index (Phi) is 4.80. The Morgan fingerprint density at radius 3 is 2.36 bits per heavy atom. The third kappa shape index (κ3) is 4.21. The summed E-state index contributed by atoms with van der Waals surface area (Å²) < 4.78 is 0. The molecule has 0 unspecified atom stereocenters. The topological polar surface area (TPSA) is 41.6 Å². The zero-order chi connectivity index (χ0) is 10.1. The van der Waals surface area contributed by atoms with Gasteiger partial charge in [-0.1, -0.05) is 12.1 Å². The molecule has 2 aromatic rings. The fourth-order valence-electron chi connectivity index (χ4n) is 0.859. The van der Waals surface area contributed by atoms with Crippen LogP contribution in [0.2, 0.25) is 0 Å². The molecular formula is C11H13N3. The summed E-state index contributed by atoms with van der Waals surface area (Å²) in [5.41, 5.74) is 0. The van der Waals surface area contributed by atoms with Gasteiger partial charge in [-0.3, -0.25) is 4.98 Å². The fourth-order valence-corrected chi connectivity index (χ4v) is 0.859. The molecule has 3 heteroatoms. The lowest BCUT2D eigenvalue weighted by molar-refractivity contribution is 1.06. The molecule has 3 nitrogen and oxygen atoms in total. The summed E-state index contributed by atoms with van der Waals surface area (Å²) in [6.07, 6.45) is 9.68. The predicted octanol–water partition coefficient (Wildman–Crippen LogP) is 2.22. The van der Waals surface area contributed by atoms with E-state index in [1.165, 1.54) is 0 Å². The van der Waals surface area contributed by atoms with Gasteiger partial charge in [0.2, 0.25) is 0 Å². The molecule has 2 aromatic heterocycles. The summed E-state index contributed by atoms with van der Waals surface area (Å²) in [4.78, 5) is 10.7. The molecule has 0 amide bonds. The van der Waals surface area contributed by atoms with Crippen LogP contribution >= 0.6 is 0 Å². The minimum atomic E-state index is 0.826. The predicted molar refractivity (Wildman–Crippen MR) is 56.7 cm³/mol. The molecule has 0 aliphatic heterocycles. The number of allylic oxidation sites excluding steroid dienone is 1. The van der Waals surface area contributed by atoms with E-state index in [0.29, 0.717) is 0 Å². The van der Waals surface area contributed by atoms with E-state index in [1.54, 1.807) is 24.8 Å². The zero-order valence-electron chi connectivity index (χ0n) is 7.93. The smallest absolute Gasteiger partial charge is 0.109 e. The molecule has 0 aliphatic rings. The molecule has 14 heavy (non-hydrogen) atoms. The molecule has 0 atom stereocenters. The molecule has 72 valence electrons. The second-order valence-corrected chi connectivity index (χ2v) is 2.55. The fraction of sp³-hybridized carbons (Fsp3) is 0.0909. The standard InChI is InChI=1S/C6H8N2.C5H5N/c1-2-3-6-7-4-5-8-6;1-2-4-6-5-3-1/h2,4-5H,1,3H2,(H,7,8);1-5H. The van der Waals surface area contributed by atoms with E-state index in [9.17, 15) is 0 Å². The van der Waals surface area contributed by atoms with Gasteiger partial charge in [-0.25, -0.2) is 4.98 Å². The Labute approximate surface area is 83.5 Å². The lowest BCUT2D eigenvalue weighted by Crippen LogP contribution is -1.80. The Bertz CT molecular complexity index is 300. The van der Waals surface area contributed by atoms with Gasteiger partial charge in [0.05, 0.1) is 0 Å². The Morgan fingerprint density at radius 2 is 2.00 bits per heavy atom. The molecule has 0 spiro atoms. The van der Waals surface area contributed by atoms with Gasteiger partial charge in [0.1, 0.15) is 5.82 Å². The molecule has 0 aliphatic carbocycles. The van der Waals surface area contributed by atoms with Crippen LogP contribution in [0.25, 0.3) is 0 Å². The van der Waals surface area contributed by atoms with Gasteiger partial charge in [-0.05, 0) is 12.1 Å². The average molecular weight is 187 g/mol. The summed E-state index contributed by atoms with van der Waals surface area (Å²) in [7, 11) is 0. The molecule has 2 rings (SSSR count). The van der Waals surface area contributed by atoms with Crippen molar-refractivity contribution >= 4 is 0 Å². The van der Waals surface area contributed by atoms with Crippen molar-refractivity contribution in [3.05, 3.63) is 61.5 Å². The monoisotopic (exact) mass is 187 g/mol. The van der Waals surface area contributed by atoms with E-state index in [0.717, 1.165) is 12.2 Å². The van der Waals surface area contributed by atoms with Crippen molar-refractivity contribution in [3.8, 4) is 0 Å². The third-order valence-corrected chi connectivity index (χ3v) is 1.46. The number of nitrogens with one attached hydrogen (secondary N) is 1. The van der Waals surface area contributed by atoms with Gasteiger partial charge in [-0.2, -0.15) is 0 Å². The van der Waals surface area contributed by atoms with Crippen LogP contribution in [-0.4, -0.2) is 15.0 Å². The molecule has 0 saturated carbocycles. The summed E-state index contributed by atoms with van der Waals surface area (Å²) in [5, 5.41) is 0. The van der Waals surface area contributed by atoms with Crippen LogP contribution in [-0.2, 0) is 6.42 Å². The number of nitrogens with zero attached hydrogens (tertiary/aromatic N) is 2. The number of aromatic amines is 1. The molecule has 1 N–H and O–H groups in total. The molecule has 0 fully saturated rings. The minimum Gasteiger partial charge on any atom is -0.348 e. The molecular weight excluding hydrogens is 174 g/mol. The second kappa shape index (κ2) is 6.60. The number of H-pyrrole nitrogens is 1. The summed E-state index contributed by atoms with van der Waals surface area (Å²) in [6, 6.07) is 5.72. The Balaban J connectivity index is 0.000000146. The number of hydrogen-bond donors (Lipinski definition) is 1. The van der Waals surface area contributed by atoms with Crippen molar-refractivity contribution in [2.24, 2.45) is 0 Å². The van der Waals surface area contributed by atoms with E-state index in [-0.39, 0.29) is 0 Å². The average Bonchev–Trinajstić information content (AvgIpc) is 2.75. The highest BCUT2D eigenvalue weighted by molar-refractivity contribution is 4.92. The van der Waals surface area contributed by atoms with E-state index < -0.39 is 0 Å². The van der Waals surface area contributed by atoms with Crippen molar-refractivity contribution in [2.45, 2.75) is 6.42 Å². The number of hydrogen-bond acceptors (Lipinski definition) is 2. The molecule has 0 bridgehead atoms. The van der Waals surface area contributed by atoms with Crippen LogP contribution in [0, 0.1) is 0 Å². The largest absolute Gasteiger partial charge is 0.348 e. The highest BCUT2D eigenvalue weighted by atomic mass is 14.9. The van der Waals surface area contributed by atoms with E-state index >= 15 is 0 Å². The quantitative estimate of drug-likeness (QED) is 0.732. The number of aromatic nitrogens is 3. The Morgan fingerprint density at radius 1 is 1.21 bits per heavy atom. The SMILES string of the molecule is C=CCc1ncc[nH]1.c1ccncc1. The molecule has 0 saturated heterocycles. The first kappa shape index (κ1) is 10.2. The van der Waals surface area contributed by atoms with Gasteiger partial charge in [0, 0.05) is 31.2 Å². The highest BCUT2D eigenvalue weighted by Crippen LogP contribution is 1.88. The van der Waals surface area contributed by atoms with Crippen molar-refractivity contribution in [1.82, 2.24) is 15.0 Å². The molecule has 0 radical (unpaired) electrons. The third-order valence-electron chi connectivity index (χ3n) is 1.46. The van der Waals surface area contributed by atoms with Crippen LogP contribution in [0.5, 0.6) is 0 Å². The maximum atomic E-state index is 3.98. The van der Waals surface area contributed by atoms with Crippen LogP contribution in [0.4, 0.5) is 0 Å². The minimum absolute atomic E-state index is 0.826. The van der Waals surface area contributed by atoms with Crippen LogP contribution in [0.15, 0.2) is 55.6 Å².